The maximum absolute atomic E-state index is 13.7. The lowest BCUT2D eigenvalue weighted by Gasteiger charge is -2.11. The van der Waals surface area contributed by atoms with E-state index in [0.29, 0.717) is 33.5 Å². The molecule has 1 aromatic heterocycles. The van der Waals surface area contributed by atoms with Crippen LogP contribution in [0, 0.1) is 5.82 Å². The van der Waals surface area contributed by atoms with Crippen molar-refractivity contribution in [3.8, 4) is 11.5 Å². The van der Waals surface area contributed by atoms with Gasteiger partial charge < -0.3 is 15.2 Å². The van der Waals surface area contributed by atoms with Crippen molar-refractivity contribution in [1.29, 1.82) is 0 Å². The van der Waals surface area contributed by atoms with Gasteiger partial charge in [0.15, 0.2) is 11.5 Å². The van der Waals surface area contributed by atoms with Gasteiger partial charge in [-0.3, -0.25) is 4.98 Å². The Labute approximate surface area is 121 Å². The number of nitrogens with zero attached hydrogens (tertiary/aromatic N) is 1. The Kier molecular flexibility index (Phi) is 4.68. The summed E-state index contributed by atoms with van der Waals surface area (Å²) in [4.78, 5) is 4.77. The van der Waals surface area contributed by atoms with Crippen LogP contribution in [0.5, 0.6) is 11.5 Å². The number of ether oxygens (including phenoxy) is 2. The van der Waals surface area contributed by atoms with Crippen molar-refractivity contribution in [1.82, 2.24) is 4.98 Å². The molecule has 106 valence electrons. The lowest BCUT2D eigenvalue weighted by Crippen LogP contribution is -1.98. The summed E-state index contributed by atoms with van der Waals surface area (Å²) in [6.45, 7) is 0. The molecule has 0 bridgehead atoms. The van der Waals surface area contributed by atoms with Crippen LogP contribution in [0.15, 0.2) is 35.4 Å². The van der Waals surface area contributed by atoms with Crippen molar-refractivity contribution in [3.63, 3.8) is 0 Å². The van der Waals surface area contributed by atoms with E-state index < -0.39 is 0 Å². The van der Waals surface area contributed by atoms with Crippen LogP contribution < -0.4 is 15.2 Å². The Morgan fingerprint density at radius 3 is 2.70 bits per heavy atom. The highest BCUT2D eigenvalue weighted by molar-refractivity contribution is 7.98. The zero-order valence-electron chi connectivity index (χ0n) is 11.2. The molecule has 1 heterocycles. The molecule has 0 spiro atoms. The lowest BCUT2D eigenvalue weighted by molar-refractivity contribution is 0.350. The van der Waals surface area contributed by atoms with E-state index in [0.717, 1.165) is 0 Å². The van der Waals surface area contributed by atoms with Crippen LogP contribution in [-0.4, -0.2) is 19.2 Å². The number of rotatable bonds is 5. The number of hydrogen-bond acceptors (Lipinski definition) is 5. The summed E-state index contributed by atoms with van der Waals surface area (Å²) < 4.78 is 24.2. The number of nitrogens with two attached hydrogens (primary N) is 1. The summed E-state index contributed by atoms with van der Waals surface area (Å²) in [6, 6.07) is 6.35. The van der Waals surface area contributed by atoms with Gasteiger partial charge >= 0.3 is 0 Å². The molecular formula is C14H15FN2O2S. The molecule has 0 atom stereocenters. The van der Waals surface area contributed by atoms with E-state index in [4.69, 9.17) is 15.2 Å². The molecule has 0 unspecified atom stereocenters. The van der Waals surface area contributed by atoms with Gasteiger partial charge in [0.25, 0.3) is 0 Å². The fraction of sp³-hybridized carbons (Fsp3) is 0.214. The quantitative estimate of drug-likeness (QED) is 0.678. The second-order valence-electron chi connectivity index (χ2n) is 3.97. The molecule has 2 rings (SSSR count). The van der Waals surface area contributed by atoms with Gasteiger partial charge in [0.1, 0.15) is 5.82 Å². The molecule has 2 aromatic rings. The normalized spacial score (nSPS) is 10.3. The molecule has 20 heavy (non-hydrogen) atoms. The number of methoxy groups -OCH3 is 2. The summed E-state index contributed by atoms with van der Waals surface area (Å²) in [6.07, 6.45) is 1.64. The monoisotopic (exact) mass is 294 g/mol. The standard InChI is InChI=1S/C14H15FN2O2S/c1-18-12-5-6-17-11(14(12)19-2)8-20-13-4-3-9(16)7-10(13)15/h3-7H,8,16H2,1-2H3. The Balaban J connectivity index is 2.18. The van der Waals surface area contributed by atoms with Crippen LogP contribution in [0.4, 0.5) is 10.1 Å². The molecule has 1 aromatic carbocycles. The van der Waals surface area contributed by atoms with E-state index in [1.54, 1.807) is 38.6 Å². The number of benzene rings is 1. The minimum Gasteiger partial charge on any atom is -0.493 e. The smallest absolute Gasteiger partial charge is 0.183 e. The number of halogens is 1. The Bertz CT molecular complexity index is 608. The second kappa shape index (κ2) is 6.47. The first kappa shape index (κ1) is 14.5. The van der Waals surface area contributed by atoms with Crippen molar-refractivity contribution in [3.05, 3.63) is 42.0 Å². The molecule has 0 saturated carbocycles. The first-order valence-corrected chi connectivity index (χ1v) is 6.88. The summed E-state index contributed by atoms with van der Waals surface area (Å²) >= 11 is 1.33. The first-order valence-electron chi connectivity index (χ1n) is 5.89. The molecule has 2 N–H and O–H groups in total. The molecule has 4 nitrogen and oxygen atoms in total. The highest BCUT2D eigenvalue weighted by atomic mass is 32.2. The van der Waals surface area contributed by atoms with Gasteiger partial charge in [0.05, 0.1) is 19.9 Å². The predicted molar refractivity (Wildman–Crippen MR) is 77.7 cm³/mol. The van der Waals surface area contributed by atoms with E-state index in [1.165, 1.54) is 17.8 Å². The van der Waals surface area contributed by atoms with E-state index >= 15 is 0 Å². The molecule has 0 aliphatic carbocycles. The number of aromatic nitrogens is 1. The third-order valence-electron chi connectivity index (χ3n) is 2.69. The minimum absolute atomic E-state index is 0.336. The van der Waals surface area contributed by atoms with Crippen LogP contribution >= 0.6 is 11.8 Å². The van der Waals surface area contributed by atoms with Gasteiger partial charge in [-0.1, -0.05) is 0 Å². The van der Waals surface area contributed by atoms with Crippen LogP contribution in [-0.2, 0) is 5.75 Å². The van der Waals surface area contributed by atoms with Crippen molar-refractivity contribution < 1.29 is 13.9 Å². The molecule has 0 amide bonds. The van der Waals surface area contributed by atoms with Crippen LogP contribution in [0.25, 0.3) is 0 Å². The first-order chi connectivity index (χ1) is 9.65. The summed E-state index contributed by atoms with van der Waals surface area (Å²) in [5, 5.41) is 0. The summed E-state index contributed by atoms with van der Waals surface area (Å²) in [5.41, 5.74) is 6.63. The van der Waals surface area contributed by atoms with Crippen molar-refractivity contribution in [2.24, 2.45) is 0 Å². The lowest BCUT2D eigenvalue weighted by atomic mass is 10.3. The Morgan fingerprint density at radius 1 is 1.25 bits per heavy atom. The van der Waals surface area contributed by atoms with Crippen molar-refractivity contribution in [2.75, 3.05) is 20.0 Å². The molecule has 6 heteroatoms. The third-order valence-corrected chi connectivity index (χ3v) is 3.75. The molecule has 0 saturated heterocycles. The molecule has 0 aliphatic rings. The van der Waals surface area contributed by atoms with Crippen LogP contribution in [0.3, 0.4) is 0 Å². The SMILES string of the molecule is COc1ccnc(CSc2ccc(N)cc2F)c1OC. The largest absolute Gasteiger partial charge is 0.493 e. The molecule has 0 radical (unpaired) electrons. The van der Waals surface area contributed by atoms with Gasteiger partial charge in [-0.15, -0.1) is 11.8 Å². The van der Waals surface area contributed by atoms with Crippen LogP contribution in [0.2, 0.25) is 0 Å². The van der Waals surface area contributed by atoms with E-state index in [1.807, 2.05) is 0 Å². The predicted octanol–water partition coefficient (Wildman–Crippen LogP) is 3.11. The fourth-order valence-corrected chi connectivity index (χ4v) is 2.59. The zero-order valence-corrected chi connectivity index (χ0v) is 12.0. The van der Waals surface area contributed by atoms with Gasteiger partial charge in [-0.25, -0.2) is 4.39 Å². The van der Waals surface area contributed by atoms with Gasteiger partial charge in [-0.2, -0.15) is 0 Å². The third kappa shape index (κ3) is 3.14. The maximum atomic E-state index is 13.7. The highest BCUT2D eigenvalue weighted by Gasteiger charge is 2.12. The molecule has 0 aliphatic heterocycles. The minimum atomic E-state index is -0.336. The van der Waals surface area contributed by atoms with E-state index in [9.17, 15) is 4.39 Å². The van der Waals surface area contributed by atoms with Crippen molar-refractivity contribution >= 4 is 17.4 Å². The molecule has 0 fully saturated rings. The maximum Gasteiger partial charge on any atom is 0.183 e. The van der Waals surface area contributed by atoms with Gasteiger partial charge in [0.2, 0.25) is 0 Å². The summed E-state index contributed by atoms with van der Waals surface area (Å²) in [7, 11) is 3.12. The Morgan fingerprint density at radius 2 is 2.05 bits per heavy atom. The van der Waals surface area contributed by atoms with Gasteiger partial charge in [0, 0.05) is 28.6 Å². The number of nitrogen functional groups attached to an aromatic ring is 1. The average molecular weight is 294 g/mol. The number of hydrogen-bond donors (Lipinski definition) is 1. The fourth-order valence-electron chi connectivity index (χ4n) is 1.73. The topological polar surface area (TPSA) is 57.4 Å². The van der Waals surface area contributed by atoms with Gasteiger partial charge in [-0.05, 0) is 18.2 Å². The second-order valence-corrected chi connectivity index (χ2v) is 4.99. The van der Waals surface area contributed by atoms with Crippen LogP contribution in [0.1, 0.15) is 5.69 Å². The average Bonchev–Trinajstić information content (AvgIpc) is 2.45. The van der Waals surface area contributed by atoms with E-state index in [-0.39, 0.29) is 5.82 Å². The molecular weight excluding hydrogens is 279 g/mol. The summed E-state index contributed by atoms with van der Waals surface area (Å²) in [5.74, 6) is 1.31. The Hall–Kier alpha value is -1.95. The van der Waals surface area contributed by atoms with Crippen molar-refractivity contribution in [2.45, 2.75) is 10.6 Å². The number of anilines is 1. The highest BCUT2D eigenvalue weighted by Crippen LogP contribution is 2.34. The number of pyridine rings is 1. The van der Waals surface area contributed by atoms with E-state index in [2.05, 4.69) is 4.98 Å². The number of thioether (sulfide) groups is 1. The zero-order chi connectivity index (χ0) is 14.5.